The number of rotatable bonds is 9. The average molecular weight is 427 g/mol. The molecule has 0 saturated carbocycles. The van der Waals surface area contributed by atoms with E-state index in [9.17, 15) is 22.8 Å². The van der Waals surface area contributed by atoms with E-state index in [2.05, 4.69) is 10.1 Å². The van der Waals surface area contributed by atoms with Crippen molar-refractivity contribution in [2.75, 3.05) is 39.4 Å². The summed E-state index contributed by atoms with van der Waals surface area (Å²) in [5, 5.41) is 2.35. The van der Waals surface area contributed by atoms with Crippen LogP contribution in [0.4, 0.5) is 18.9 Å². The molecule has 0 heterocycles. The molecule has 0 unspecified atom stereocenters. The van der Waals surface area contributed by atoms with E-state index < -0.39 is 30.2 Å². The lowest BCUT2D eigenvalue weighted by Crippen LogP contribution is -2.21. The number of carbonyl (C=O) groups excluding carboxylic acids is 2. The van der Waals surface area contributed by atoms with E-state index in [1.165, 1.54) is 38.5 Å². The lowest BCUT2D eigenvalue weighted by atomic mass is 10.1. The van der Waals surface area contributed by atoms with E-state index >= 15 is 0 Å². The molecule has 0 spiro atoms. The number of nitrogens with one attached hydrogen (secondary N) is 1. The maximum Gasteiger partial charge on any atom is 0.416 e. The predicted octanol–water partition coefficient (Wildman–Crippen LogP) is 3.53. The Balaban J connectivity index is 2.09. The molecule has 0 fully saturated rings. The van der Waals surface area contributed by atoms with Crippen LogP contribution >= 0.6 is 0 Å². The van der Waals surface area contributed by atoms with Gasteiger partial charge in [-0.25, -0.2) is 4.79 Å². The van der Waals surface area contributed by atoms with Crippen molar-refractivity contribution in [2.45, 2.75) is 6.18 Å². The number of ether oxygens (including phenoxy) is 4. The lowest BCUT2D eigenvalue weighted by molar-refractivity contribution is -0.137. The molecule has 0 aliphatic rings. The summed E-state index contributed by atoms with van der Waals surface area (Å²) in [6.07, 6.45) is -4.59. The molecule has 2 rings (SSSR count). The summed E-state index contributed by atoms with van der Waals surface area (Å²) in [7, 11) is 2.68. The molecule has 1 amide bonds. The highest BCUT2D eigenvalue weighted by Gasteiger charge is 2.31. The fourth-order valence-corrected chi connectivity index (χ4v) is 2.33. The number of esters is 1. The van der Waals surface area contributed by atoms with E-state index in [1.807, 2.05) is 0 Å². The zero-order valence-corrected chi connectivity index (χ0v) is 16.2. The highest BCUT2D eigenvalue weighted by atomic mass is 19.4. The number of benzene rings is 2. The summed E-state index contributed by atoms with van der Waals surface area (Å²) in [5.74, 6) is -1.02. The summed E-state index contributed by atoms with van der Waals surface area (Å²) in [6, 6.07) is 8.68. The number of carbonyl (C=O) groups is 2. The number of amides is 1. The van der Waals surface area contributed by atoms with Gasteiger partial charge >= 0.3 is 12.1 Å². The van der Waals surface area contributed by atoms with Gasteiger partial charge in [0, 0.05) is 7.11 Å². The number of alkyl halides is 3. The molecule has 0 bridgehead atoms. The summed E-state index contributed by atoms with van der Waals surface area (Å²) >= 11 is 0. The quantitative estimate of drug-likeness (QED) is 0.487. The van der Waals surface area contributed by atoms with Gasteiger partial charge in [0.1, 0.15) is 18.1 Å². The van der Waals surface area contributed by atoms with E-state index in [4.69, 9.17) is 14.2 Å². The molecule has 1 N–H and O–H groups in total. The van der Waals surface area contributed by atoms with Crippen LogP contribution in [0.25, 0.3) is 0 Å². The van der Waals surface area contributed by atoms with Crippen molar-refractivity contribution in [3.63, 3.8) is 0 Å². The molecular formula is C20H20F3NO6. The summed E-state index contributed by atoms with van der Waals surface area (Å²) in [4.78, 5) is 23.7. The van der Waals surface area contributed by atoms with Crippen LogP contribution in [-0.2, 0) is 20.4 Å². The molecule has 30 heavy (non-hydrogen) atoms. The van der Waals surface area contributed by atoms with Gasteiger partial charge in [-0.2, -0.15) is 13.2 Å². The van der Waals surface area contributed by atoms with Gasteiger partial charge in [-0.3, -0.25) is 4.79 Å². The Morgan fingerprint density at radius 3 is 2.43 bits per heavy atom. The first-order valence-corrected chi connectivity index (χ1v) is 8.68. The van der Waals surface area contributed by atoms with Crippen LogP contribution in [0.5, 0.6) is 11.5 Å². The second-order valence-electron chi connectivity index (χ2n) is 5.91. The number of hydrogen-bond donors (Lipinski definition) is 1. The van der Waals surface area contributed by atoms with E-state index in [1.54, 1.807) is 0 Å². The Labute approximate surface area is 170 Å². The molecule has 0 aliphatic carbocycles. The Kier molecular flexibility index (Phi) is 8.05. The first-order chi connectivity index (χ1) is 14.2. The minimum absolute atomic E-state index is 0.0566. The van der Waals surface area contributed by atoms with Crippen molar-refractivity contribution < 1.29 is 41.7 Å². The van der Waals surface area contributed by atoms with Crippen LogP contribution in [-0.4, -0.2) is 45.9 Å². The summed E-state index contributed by atoms with van der Waals surface area (Å²) in [6.45, 7) is -0.200. The van der Waals surface area contributed by atoms with Crippen molar-refractivity contribution in [1.29, 1.82) is 0 Å². The summed E-state index contributed by atoms with van der Waals surface area (Å²) in [5.41, 5.74) is -0.872. The minimum atomic E-state index is -4.59. The number of halogens is 3. The SMILES string of the molecule is COCCOc1ccc(C(F)(F)F)cc1NC(=O)COc1cccc(C(=O)OC)c1. The molecule has 0 radical (unpaired) electrons. The van der Waals surface area contributed by atoms with Gasteiger partial charge in [0.2, 0.25) is 0 Å². The van der Waals surface area contributed by atoms with Crippen LogP contribution in [0.15, 0.2) is 42.5 Å². The average Bonchev–Trinajstić information content (AvgIpc) is 2.72. The second-order valence-corrected chi connectivity index (χ2v) is 5.91. The summed E-state index contributed by atoms with van der Waals surface area (Å²) < 4.78 is 59.1. The Hall–Kier alpha value is -3.27. The molecule has 0 saturated heterocycles. The second kappa shape index (κ2) is 10.5. The fourth-order valence-electron chi connectivity index (χ4n) is 2.33. The standard InChI is InChI=1S/C20H20F3NO6/c1-27-8-9-29-17-7-6-14(20(21,22)23)11-16(17)24-18(25)12-30-15-5-3-4-13(10-15)19(26)28-2/h3-7,10-11H,8-9,12H2,1-2H3,(H,24,25). The molecule has 0 aliphatic heterocycles. The third-order valence-electron chi connectivity index (χ3n) is 3.75. The highest BCUT2D eigenvalue weighted by Crippen LogP contribution is 2.35. The molecule has 2 aromatic carbocycles. The lowest BCUT2D eigenvalue weighted by Gasteiger charge is -2.15. The third kappa shape index (κ3) is 6.66. The molecule has 2 aromatic rings. The van der Waals surface area contributed by atoms with Crippen LogP contribution < -0.4 is 14.8 Å². The zero-order chi connectivity index (χ0) is 22.1. The first kappa shape index (κ1) is 23.0. The Morgan fingerprint density at radius 2 is 1.77 bits per heavy atom. The first-order valence-electron chi connectivity index (χ1n) is 8.68. The van der Waals surface area contributed by atoms with Crippen molar-refractivity contribution in [2.24, 2.45) is 0 Å². The van der Waals surface area contributed by atoms with Gasteiger partial charge in [0.05, 0.1) is 30.5 Å². The highest BCUT2D eigenvalue weighted by molar-refractivity contribution is 5.93. The van der Waals surface area contributed by atoms with Gasteiger partial charge in [0.25, 0.3) is 5.91 Å². The van der Waals surface area contributed by atoms with Crippen molar-refractivity contribution >= 4 is 17.6 Å². The van der Waals surface area contributed by atoms with Crippen LogP contribution in [0.1, 0.15) is 15.9 Å². The van der Waals surface area contributed by atoms with Gasteiger partial charge < -0.3 is 24.3 Å². The smallest absolute Gasteiger partial charge is 0.416 e. The topological polar surface area (TPSA) is 83.1 Å². The maximum atomic E-state index is 13.0. The van der Waals surface area contributed by atoms with E-state index in [-0.39, 0.29) is 36.0 Å². The Morgan fingerprint density at radius 1 is 1.00 bits per heavy atom. The van der Waals surface area contributed by atoms with E-state index in [0.717, 1.165) is 18.2 Å². The number of hydrogen-bond acceptors (Lipinski definition) is 6. The largest absolute Gasteiger partial charge is 0.489 e. The maximum absolute atomic E-state index is 13.0. The van der Waals surface area contributed by atoms with Crippen molar-refractivity contribution in [3.05, 3.63) is 53.6 Å². The monoisotopic (exact) mass is 427 g/mol. The molecular weight excluding hydrogens is 407 g/mol. The molecule has 7 nitrogen and oxygen atoms in total. The number of anilines is 1. The minimum Gasteiger partial charge on any atom is -0.489 e. The van der Waals surface area contributed by atoms with Crippen LogP contribution in [0, 0.1) is 0 Å². The molecule has 10 heteroatoms. The van der Waals surface area contributed by atoms with Crippen molar-refractivity contribution in [3.8, 4) is 11.5 Å². The van der Waals surface area contributed by atoms with Gasteiger partial charge in [-0.05, 0) is 36.4 Å². The van der Waals surface area contributed by atoms with E-state index in [0.29, 0.717) is 0 Å². The number of methoxy groups -OCH3 is 2. The Bertz CT molecular complexity index is 885. The van der Waals surface area contributed by atoms with Crippen LogP contribution in [0.3, 0.4) is 0 Å². The van der Waals surface area contributed by atoms with Crippen LogP contribution in [0.2, 0.25) is 0 Å². The van der Waals surface area contributed by atoms with Gasteiger partial charge in [-0.1, -0.05) is 6.07 Å². The normalized spacial score (nSPS) is 11.0. The predicted molar refractivity (Wildman–Crippen MR) is 101 cm³/mol. The third-order valence-corrected chi connectivity index (χ3v) is 3.75. The van der Waals surface area contributed by atoms with Crippen molar-refractivity contribution in [1.82, 2.24) is 0 Å². The molecule has 162 valence electrons. The fraction of sp³-hybridized carbons (Fsp3) is 0.300. The van der Waals surface area contributed by atoms with Gasteiger partial charge in [0.15, 0.2) is 6.61 Å². The molecule has 0 atom stereocenters. The van der Waals surface area contributed by atoms with Gasteiger partial charge in [-0.15, -0.1) is 0 Å². The zero-order valence-electron chi connectivity index (χ0n) is 16.2. The molecule has 0 aromatic heterocycles.